The highest BCUT2D eigenvalue weighted by Crippen LogP contribution is 2.02. The highest BCUT2D eigenvalue weighted by atomic mass is 16.1. The average molecular weight is 158 g/mol. The zero-order valence-electron chi connectivity index (χ0n) is 6.42. The molecule has 64 valence electrons. The van der Waals surface area contributed by atoms with E-state index in [-0.39, 0.29) is 11.9 Å². The van der Waals surface area contributed by atoms with Crippen LogP contribution in [0.1, 0.15) is 19.3 Å². The maximum Gasteiger partial charge on any atom is 0.217 e. The van der Waals surface area contributed by atoms with Gasteiger partial charge in [-0.3, -0.25) is 4.79 Å². The van der Waals surface area contributed by atoms with Gasteiger partial charge in [0.1, 0.15) is 0 Å². The summed E-state index contributed by atoms with van der Waals surface area (Å²) in [4.78, 5) is 10.3. The Kier molecular flexibility index (Phi) is 5.28. The summed E-state index contributed by atoms with van der Waals surface area (Å²) in [5, 5.41) is 3.28. The lowest BCUT2D eigenvalue weighted by atomic mass is 10.1. The van der Waals surface area contributed by atoms with Gasteiger partial charge in [0.05, 0.1) is 6.04 Å². The van der Waals surface area contributed by atoms with Crippen molar-refractivity contribution >= 4 is 5.91 Å². The fourth-order valence-corrected chi connectivity index (χ4v) is 0.747. The number of amides is 1. The Balaban J connectivity index is 3.35. The maximum atomic E-state index is 10.3. The summed E-state index contributed by atoms with van der Waals surface area (Å²) >= 11 is 0. The molecule has 11 heavy (non-hydrogen) atoms. The molecule has 1 unspecified atom stereocenters. The Morgan fingerprint density at radius 1 is 1.64 bits per heavy atom. The summed E-state index contributed by atoms with van der Waals surface area (Å²) in [7, 11) is 0. The zero-order valence-corrected chi connectivity index (χ0v) is 6.42. The van der Waals surface area contributed by atoms with Crippen LogP contribution in [0.3, 0.4) is 0 Å². The number of carbonyl (C=O) groups is 1. The van der Waals surface area contributed by atoms with Gasteiger partial charge in [0, 0.05) is 13.0 Å². The first-order valence-corrected chi connectivity index (χ1v) is 3.55. The van der Waals surface area contributed by atoms with Gasteiger partial charge in [-0.15, -0.1) is 0 Å². The SMILES string of the molecule is N=NC(CN)CCCC(N)=O. The predicted molar refractivity (Wildman–Crippen MR) is 41.0 cm³/mol. The fourth-order valence-electron chi connectivity index (χ4n) is 0.747. The lowest BCUT2D eigenvalue weighted by Crippen LogP contribution is -2.18. The van der Waals surface area contributed by atoms with Crippen molar-refractivity contribution in [2.75, 3.05) is 6.54 Å². The molecule has 0 rings (SSSR count). The molecule has 0 aliphatic carbocycles. The average Bonchev–Trinajstić information content (AvgIpc) is 1.98. The molecule has 0 aromatic carbocycles. The fraction of sp³-hybridized carbons (Fsp3) is 0.833. The number of carbonyl (C=O) groups excluding carboxylic acids is 1. The van der Waals surface area contributed by atoms with Crippen LogP contribution in [0.5, 0.6) is 0 Å². The number of nitrogens with one attached hydrogen (secondary N) is 1. The van der Waals surface area contributed by atoms with E-state index in [1.54, 1.807) is 0 Å². The van der Waals surface area contributed by atoms with Crippen LogP contribution in [0.15, 0.2) is 5.11 Å². The summed E-state index contributed by atoms with van der Waals surface area (Å²) in [5.74, 6) is -0.314. The Bertz CT molecular complexity index is 137. The molecule has 0 aliphatic heterocycles. The number of hydrogen-bond acceptors (Lipinski definition) is 4. The molecule has 0 bridgehead atoms. The molecule has 0 saturated heterocycles. The van der Waals surface area contributed by atoms with E-state index in [1.807, 2.05) is 0 Å². The number of nitrogens with two attached hydrogens (primary N) is 2. The Hall–Kier alpha value is -0.970. The van der Waals surface area contributed by atoms with Crippen LogP contribution in [0.4, 0.5) is 0 Å². The van der Waals surface area contributed by atoms with Crippen LogP contribution in [0, 0.1) is 5.53 Å². The summed E-state index contributed by atoms with van der Waals surface area (Å²) in [6, 6.07) is -0.144. The van der Waals surface area contributed by atoms with Gasteiger partial charge in [-0.25, -0.2) is 5.53 Å². The van der Waals surface area contributed by atoms with E-state index in [0.717, 1.165) is 0 Å². The van der Waals surface area contributed by atoms with Crippen molar-refractivity contribution in [3.05, 3.63) is 0 Å². The molecule has 1 atom stereocenters. The molecule has 1 amide bonds. The summed E-state index contributed by atoms with van der Waals surface area (Å²) in [6.07, 6.45) is 1.69. The molecule has 5 heteroatoms. The molecule has 5 N–H and O–H groups in total. The van der Waals surface area contributed by atoms with E-state index in [9.17, 15) is 4.79 Å². The Morgan fingerprint density at radius 2 is 2.27 bits per heavy atom. The molecule has 0 radical (unpaired) electrons. The van der Waals surface area contributed by atoms with Crippen molar-refractivity contribution in [2.24, 2.45) is 16.6 Å². The predicted octanol–water partition coefficient (Wildman–Crippen LogP) is 0.000270. The van der Waals surface area contributed by atoms with Gasteiger partial charge in [-0.05, 0) is 12.8 Å². The second-order valence-corrected chi connectivity index (χ2v) is 2.38. The van der Waals surface area contributed by atoms with Crippen LogP contribution in [-0.2, 0) is 4.79 Å². The van der Waals surface area contributed by atoms with Crippen molar-refractivity contribution in [3.63, 3.8) is 0 Å². The van der Waals surface area contributed by atoms with Gasteiger partial charge in [0.25, 0.3) is 0 Å². The number of nitrogens with zero attached hydrogens (tertiary/aromatic N) is 1. The zero-order chi connectivity index (χ0) is 8.69. The van der Waals surface area contributed by atoms with Crippen LogP contribution in [-0.4, -0.2) is 18.5 Å². The third-order valence-corrected chi connectivity index (χ3v) is 1.42. The summed E-state index contributed by atoms with van der Waals surface area (Å²) < 4.78 is 0. The highest BCUT2D eigenvalue weighted by Gasteiger charge is 2.03. The molecular weight excluding hydrogens is 144 g/mol. The molecule has 0 aromatic heterocycles. The lowest BCUT2D eigenvalue weighted by molar-refractivity contribution is -0.118. The van der Waals surface area contributed by atoms with E-state index in [2.05, 4.69) is 5.11 Å². The van der Waals surface area contributed by atoms with Crippen LogP contribution < -0.4 is 11.5 Å². The number of primary amides is 1. The maximum absolute atomic E-state index is 10.3. The lowest BCUT2D eigenvalue weighted by Gasteiger charge is -2.04. The van der Waals surface area contributed by atoms with Crippen LogP contribution >= 0.6 is 0 Å². The summed E-state index contributed by atoms with van der Waals surface area (Å²) in [6.45, 7) is 0.363. The minimum Gasteiger partial charge on any atom is -0.370 e. The molecule has 0 spiro atoms. The van der Waals surface area contributed by atoms with Gasteiger partial charge < -0.3 is 11.5 Å². The molecule has 5 nitrogen and oxygen atoms in total. The minimum absolute atomic E-state index is 0.144. The molecule has 0 aliphatic rings. The van der Waals surface area contributed by atoms with E-state index in [4.69, 9.17) is 17.0 Å². The normalized spacial score (nSPS) is 12.5. The molecule has 0 saturated carbocycles. The topological polar surface area (TPSA) is 105 Å². The Labute approximate surface area is 65.6 Å². The second-order valence-electron chi connectivity index (χ2n) is 2.38. The smallest absolute Gasteiger partial charge is 0.217 e. The first-order chi connectivity index (χ1) is 5.20. The van der Waals surface area contributed by atoms with Crippen molar-refractivity contribution in [1.82, 2.24) is 0 Å². The van der Waals surface area contributed by atoms with E-state index in [0.29, 0.717) is 25.8 Å². The van der Waals surface area contributed by atoms with Gasteiger partial charge in [0.2, 0.25) is 5.91 Å². The van der Waals surface area contributed by atoms with E-state index < -0.39 is 0 Å². The number of rotatable bonds is 6. The van der Waals surface area contributed by atoms with Gasteiger partial charge in [-0.1, -0.05) is 0 Å². The van der Waals surface area contributed by atoms with Gasteiger partial charge in [-0.2, -0.15) is 5.11 Å². The third-order valence-electron chi connectivity index (χ3n) is 1.42. The second kappa shape index (κ2) is 5.79. The molecule has 0 fully saturated rings. The first-order valence-electron chi connectivity index (χ1n) is 3.55. The minimum atomic E-state index is -0.314. The van der Waals surface area contributed by atoms with E-state index >= 15 is 0 Å². The molecular formula is C6H14N4O. The van der Waals surface area contributed by atoms with E-state index in [1.165, 1.54) is 0 Å². The monoisotopic (exact) mass is 158 g/mol. The van der Waals surface area contributed by atoms with Crippen molar-refractivity contribution < 1.29 is 4.79 Å². The molecule has 0 heterocycles. The van der Waals surface area contributed by atoms with Crippen molar-refractivity contribution in [1.29, 1.82) is 5.53 Å². The van der Waals surface area contributed by atoms with Crippen LogP contribution in [0.25, 0.3) is 0 Å². The first kappa shape index (κ1) is 10.0. The molecule has 0 aromatic rings. The highest BCUT2D eigenvalue weighted by molar-refractivity contribution is 5.73. The summed E-state index contributed by atoms with van der Waals surface area (Å²) in [5.41, 5.74) is 16.9. The quantitative estimate of drug-likeness (QED) is 0.473. The van der Waals surface area contributed by atoms with Gasteiger partial charge >= 0.3 is 0 Å². The van der Waals surface area contributed by atoms with Crippen LogP contribution in [0.2, 0.25) is 0 Å². The largest absolute Gasteiger partial charge is 0.370 e. The van der Waals surface area contributed by atoms with Crippen molar-refractivity contribution in [2.45, 2.75) is 25.3 Å². The van der Waals surface area contributed by atoms with Gasteiger partial charge in [0.15, 0.2) is 0 Å². The number of hydrogen-bond donors (Lipinski definition) is 3. The third kappa shape index (κ3) is 5.47. The standard InChI is InChI=1S/C6H14N4O/c7-4-5(10-9)2-1-3-6(8)11/h5,9H,1-4,7H2,(H2,8,11). The Morgan fingerprint density at radius 3 is 2.64 bits per heavy atom. The van der Waals surface area contributed by atoms with Crippen molar-refractivity contribution in [3.8, 4) is 0 Å².